The van der Waals surface area contributed by atoms with Crippen molar-refractivity contribution in [2.45, 2.75) is 6.42 Å². The van der Waals surface area contributed by atoms with Crippen LogP contribution in [-0.4, -0.2) is 15.1 Å². The molecular weight excluding hydrogens is 270 g/mol. The minimum absolute atomic E-state index is 0.0641. The number of nitro benzene ring substituents is 1. The molecule has 0 radical (unpaired) electrons. The van der Waals surface area contributed by atoms with Crippen molar-refractivity contribution >= 4 is 5.69 Å². The van der Waals surface area contributed by atoms with Crippen molar-refractivity contribution in [3.05, 3.63) is 76.2 Å². The summed E-state index contributed by atoms with van der Waals surface area (Å²) < 4.78 is 5.21. The number of hydrogen-bond acceptors (Lipinski definition) is 5. The highest BCUT2D eigenvalue weighted by atomic mass is 16.6. The lowest BCUT2D eigenvalue weighted by Gasteiger charge is -1.96. The Morgan fingerprint density at radius 1 is 1.05 bits per heavy atom. The average molecular weight is 281 g/mol. The molecule has 0 amide bonds. The first-order valence-electron chi connectivity index (χ1n) is 6.34. The van der Waals surface area contributed by atoms with Crippen molar-refractivity contribution in [3.63, 3.8) is 0 Å². The van der Waals surface area contributed by atoms with Crippen molar-refractivity contribution in [2.24, 2.45) is 0 Å². The first-order valence-corrected chi connectivity index (χ1v) is 6.34. The van der Waals surface area contributed by atoms with Gasteiger partial charge >= 0.3 is 0 Å². The molecule has 1 aromatic heterocycles. The average Bonchev–Trinajstić information content (AvgIpc) is 2.97. The van der Waals surface area contributed by atoms with Gasteiger partial charge < -0.3 is 4.52 Å². The van der Waals surface area contributed by atoms with Crippen LogP contribution in [0.1, 0.15) is 11.5 Å². The Morgan fingerprint density at radius 2 is 1.76 bits per heavy atom. The Hall–Kier alpha value is -3.02. The molecule has 0 unspecified atom stereocenters. The van der Waals surface area contributed by atoms with Gasteiger partial charge in [0.2, 0.25) is 11.7 Å². The van der Waals surface area contributed by atoms with Crippen molar-refractivity contribution in [1.82, 2.24) is 10.1 Å². The van der Waals surface area contributed by atoms with E-state index in [1.54, 1.807) is 12.1 Å². The van der Waals surface area contributed by atoms with E-state index in [2.05, 4.69) is 10.1 Å². The van der Waals surface area contributed by atoms with Crippen molar-refractivity contribution in [2.75, 3.05) is 0 Å². The molecule has 0 N–H and O–H groups in total. The Bertz CT molecular complexity index is 751. The summed E-state index contributed by atoms with van der Waals surface area (Å²) in [6.45, 7) is 0. The highest BCUT2D eigenvalue weighted by Crippen LogP contribution is 2.18. The van der Waals surface area contributed by atoms with Crippen molar-refractivity contribution < 1.29 is 9.45 Å². The maximum absolute atomic E-state index is 10.6. The topological polar surface area (TPSA) is 82.1 Å². The molecule has 0 saturated heterocycles. The number of nitro groups is 1. The van der Waals surface area contributed by atoms with Crippen LogP contribution in [0.5, 0.6) is 0 Å². The highest BCUT2D eigenvalue weighted by molar-refractivity contribution is 5.53. The van der Waals surface area contributed by atoms with E-state index in [0.717, 1.165) is 11.1 Å². The van der Waals surface area contributed by atoms with Gasteiger partial charge in [-0.2, -0.15) is 4.98 Å². The first kappa shape index (κ1) is 13.0. The Balaban J connectivity index is 1.77. The van der Waals surface area contributed by atoms with Gasteiger partial charge in [0.05, 0.1) is 11.3 Å². The van der Waals surface area contributed by atoms with Gasteiger partial charge in [0.25, 0.3) is 5.69 Å². The van der Waals surface area contributed by atoms with E-state index in [-0.39, 0.29) is 5.69 Å². The van der Waals surface area contributed by atoms with Gasteiger partial charge in [0.1, 0.15) is 0 Å². The van der Waals surface area contributed by atoms with Crippen LogP contribution in [0.2, 0.25) is 0 Å². The maximum Gasteiger partial charge on any atom is 0.269 e. The van der Waals surface area contributed by atoms with Crippen LogP contribution >= 0.6 is 0 Å². The van der Waals surface area contributed by atoms with Gasteiger partial charge in [-0.15, -0.1) is 0 Å². The molecule has 0 aliphatic heterocycles. The summed E-state index contributed by atoms with van der Waals surface area (Å²) in [6.07, 6.45) is 0.442. The maximum atomic E-state index is 10.6. The summed E-state index contributed by atoms with van der Waals surface area (Å²) in [5.74, 6) is 1.01. The summed E-state index contributed by atoms with van der Waals surface area (Å²) in [6, 6.07) is 15.8. The molecule has 21 heavy (non-hydrogen) atoms. The first-order chi connectivity index (χ1) is 10.2. The molecular formula is C15H11N3O3. The molecule has 0 fully saturated rings. The highest BCUT2D eigenvalue weighted by Gasteiger charge is 2.10. The van der Waals surface area contributed by atoms with E-state index >= 15 is 0 Å². The van der Waals surface area contributed by atoms with Crippen molar-refractivity contribution in [3.8, 4) is 11.4 Å². The monoisotopic (exact) mass is 281 g/mol. The molecule has 1 heterocycles. The molecule has 2 aromatic carbocycles. The number of aromatic nitrogens is 2. The van der Waals surface area contributed by atoms with E-state index in [1.807, 2.05) is 30.3 Å². The van der Waals surface area contributed by atoms with Gasteiger partial charge in [-0.1, -0.05) is 47.6 Å². The minimum atomic E-state index is -0.427. The quantitative estimate of drug-likeness (QED) is 0.541. The summed E-state index contributed by atoms with van der Waals surface area (Å²) in [5.41, 5.74) is 1.83. The predicted octanol–water partition coefficient (Wildman–Crippen LogP) is 3.24. The van der Waals surface area contributed by atoms with Crippen LogP contribution in [0, 0.1) is 10.1 Å². The third kappa shape index (κ3) is 2.94. The number of benzene rings is 2. The van der Waals surface area contributed by atoms with Gasteiger partial charge in [-0.3, -0.25) is 10.1 Å². The fraction of sp³-hybridized carbons (Fsp3) is 0.0667. The number of nitrogens with zero attached hydrogens (tertiary/aromatic N) is 3. The SMILES string of the molecule is O=[N+]([O-])c1ccc(Cc2nc(-c3ccccc3)no2)cc1. The zero-order chi connectivity index (χ0) is 14.7. The third-order valence-corrected chi connectivity index (χ3v) is 3.00. The van der Waals surface area contributed by atoms with Crippen LogP contribution in [-0.2, 0) is 6.42 Å². The standard InChI is InChI=1S/C15H11N3O3/c19-18(20)13-8-6-11(7-9-13)10-14-16-15(17-21-14)12-4-2-1-3-5-12/h1-9H,10H2. The summed E-state index contributed by atoms with van der Waals surface area (Å²) in [5, 5.41) is 14.5. The number of hydrogen-bond donors (Lipinski definition) is 0. The smallest absolute Gasteiger partial charge is 0.269 e. The largest absolute Gasteiger partial charge is 0.339 e. The lowest BCUT2D eigenvalue weighted by atomic mass is 10.1. The molecule has 0 bridgehead atoms. The number of rotatable bonds is 4. The summed E-state index contributed by atoms with van der Waals surface area (Å²) >= 11 is 0. The normalized spacial score (nSPS) is 10.5. The molecule has 6 nitrogen and oxygen atoms in total. The molecule has 0 aliphatic carbocycles. The van der Waals surface area contributed by atoms with Crippen LogP contribution < -0.4 is 0 Å². The molecule has 3 rings (SSSR count). The lowest BCUT2D eigenvalue weighted by Crippen LogP contribution is -1.91. The molecule has 0 atom stereocenters. The van der Waals surface area contributed by atoms with E-state index in [1.165, 1.54) is 12.1 Å². The minimum Gasteiger partial charge on any atom is -0.339 e. The van der Waals surface area contributed by atoms with Gasteiger partial charge in [-0.05, 0) is 5.56 Å². The number of non-ortho nitro benzene ring substituents is 1. The molecule has 0 spiro atoms. The fourth-order valence-electron chi connectivity index (χ4n) is 1.94. The lowest BCUT2D eigenvalue weighted by molar-refractivity contribution is -0.384. The predicted molar refractivity (Wildman–Crippen MR) is 75.6 cm³/mol. The molecule has 104 valence electrons. The van der Waals surface area contributed by atoms with Crippen molar-refractivity contribution in [1.29, 1.82) is 0 Å². The zero-order valence-corrected chi connectivity index (χ0v) is 11.0. The van der Waals surface area contributed by atoms with E-state index in [4.69, 9.17) is 4.52 Å². The zero-order valence-electron chi connectivity index (χ0n) is 11.0. The van der Waals surface area contributed by atoms with E-state index in [9.17, 15) is 10.1 Å². The summed E-state index contributed by atoms with van der Waals surface area (Å²) in [4.78, 5) is 14.5. The second-order valence-corrected chi connectivity index (χ2v) is 4.48. The van der Waals surface area contributed by atoms with Crippen LogP contribution in [0.3, 0.4) is 0 Å². The molecule has 0 saturated carbocycles. The molecule has 0 aliphatic rings. The van der Waals surface area contributed by atoms with Gasteiger partial charge in [-0.25, -0.2) is 0 Å². The summed E-state index contributed by atoms with van der Waals surface area (Å²) in [7, 11) is 0. The Labute approximate surface area is 120 Å². The molecule has 3 aromatic rings. The Kier molecular flexibility index (Phi) is 3.42. The van der Waals surface area contributed by atoms with Crippen LogP contribution in [0.25, 0.3) is 11.4 Å². The Morgan fingerprint density at radius 3 is 2.43 bits per heavy atom. The second-order valence-electron chi connectivity index (χ2n) is 4.48. The van der Waals surface area contributed by atoms with E-state index in [0.29, 0.717) is 18.1 Å². The molecule has 6 heteroatoms. The second kappa shape index (κ2) is 5.54. The fourth-order valence-corrected chi connectivity index (χ4v) is 1.94. The van der Waals surface area contributed by atoms with Crippen LogP contribution in [0.15, 0.2) is 59.1 Å². The third-order valence-electron chi connectivity index (χ3n) is 3.00. The van der Waals surface area contributed by atoms with Crippen LogP contribution in [0.4, 0.5) is 5.69 Å². The van der Waals surface area contributed by atoms with E-state index < -0.39 is 4.92 Å². The van der Waals surface area contributed by atoms with Gasteiger partial charge in [0, 0.05) is 17.7 Å². The van der Waals surface area contributed by atoms with Gasteiger partial charge in [0.15, 0.2) is 0 Å².